The highest BCUT2D eigenvalue weighted by Crippen LogP contribution is 2.28. The monoisotopic (exact) mass is 332 g/mol. The van der Waals surface area contributed by atoms with Crippen LogP contribution in [0.3, 0.4) is 0 Å². The number of carbonyl (C=O) groups excluding carboxylic acids is 1. The molecule has 0 unspecified atom stereocenters. The van der Waals surface area contributed by atoms with Crippen molar-refractivity contribution in [3.63, 3.8) is 0 Å². The van der Waals surface area contributed by atoms with E-state index in [1.54, 1.807) is 0 Å². The normalized spacial score (nSPS) is 20.1. The van der Waals surface area contributed by atoms with Crippen molar-refractivity contribution in [1.29, 1.82) is 0 Å². The van der Waals surface area contributed by atoms with Crippen molar-refractivity contribution in [3.8, 4) is 0 Å². The van der Waals surface area contributed by atoms with Crippen LogP contribution >= 0.6 is 11.6 Å². The first kappa shape index (κ1) is 15.7. The van der Waals surface area contributed by atoms with Crippen LogP contribution in [0.2, 0.25) is 5.02 Å². The minimum atomic E-state index is -3.02. The number of nitrogens with zero attached hydrogens (tertiary/aromatic N) is 1. The summed E-state index contributed by atoms with van der Waals surface area (Å²) < 4.78 is 22.6. The molecule has 114 valence electrons. The van der Waals surface area contributed by atoms with E-state index < -0.39 is 14.8 Å². The number of amides is 1. The zero-order valence-electron chi connectivity index (χ0n) is 10.9. The van der Waals surface area contributed by atoms with E-state index in [-0.39, 0.29) is 46.1 Å². The molecule has 0 saturated carbocycles. The molecule has 1 aliphatic rings. The quantitative estimate of drug-likeness (QED) is 0.670. The highest BCUT2D eigenvalue weighted by molar-refractivity contribution is 7.91. The van der Waals surface area contributed by atoms with E-state index in [4.69, 9.17) is 11.6 Å². The van der Waals surface area contributed by atoms with Crippen LogP contribution in [0.1, 0.15) is 12.8 Å². The summed E-state index contributed by atoms with van der Waals surface area (Å²) in [6.07, 6.45) is 0.548. The van der Waals surface area contributed by atoms with Gasteiger partial charge in [-0.15, -0.1) is 0 Å². The van der Waals surface area contributed by atoms with Gasteiger partial charge in [-0.3, -0.25) is 14.9 Å². The zero-order chi connectivity index (χ0) is 15.6. The molecule has 0 radical (unpaired) electrons. The molecule has 2 rings (SSSR count). The molecule has 1 N–H and O–H groups in total. The van der Waals surface area contributed by atoms with Gasteiger partial charge in [0.1, 0.15) is 5.02 Å². The zero-order valence-corrected chi connectivity index (χ0v) is 12.5. The molecule has 9 heteroatoms. The number of halogens is 1. The fourth-order valence-corrected chi connectivity index (χ4v) is 4.29. The Morgan fingerprint density at radius 1 is 1.48 bits per heavy atom. The third-order valence-corrected chi connectivity index (χ3v) is 5.38. The van der Waals surface area contributed by atoms with Crippen LogP contribution < -0.4 is 5.32 Å². The third kappa shape index (κ3) is 4.15. The van der Waals surface area contributed by atoms with Gasteiger partial charge in [0.15, 0.2) is 9.84 Å². The summed E-state index contributed by atoms with van der Waals surface area (Å²) in [6, 6.07) is 3.96. The Morgan fingerprint density at radius 2 is 2.19 bits per heavy atom. The van der Waals surface area contributed by atoms with Gasteiger partial charge >= 0.3 is 0 Å². The van der Waals surface area contributed by atoms with Crippen molar-refractivity contribution in [1.82, 2.24) is 0 Å². The lowest BCUT2D eigenvalue weighted by Crippen LogP contribution is -2.17. The first-order valence-corrected chi connectivity index (χ1v) is 8.41. The van der Waals surface area contributed by atoms with Crippen LogP contribution in [0.4, 0.5) is 11.4 Å². The van der Waals surface area contributed by atoms with Crippen LogP contribution in [0.15, 0.2) is 18.2 Å². The Bertz CT molecular complexity index is 689. The molecule has 1 amide bonds. The number of nitro benzene ring substituents is 1. The standard InChI is InChI=1S/C12H13ClN2O5S/c13-10-2-1-9(6-11(10)15(17)18)14-12(16)5-8-3-4-21(19,20)7-8/h1-2,6,8H,3-5,7H2,(H,14,16)/t8-/m1/s1. The number of benzene rings is 1. The van der Waals surface area contributed by atoms with Gasteiger partial charge in [0, 0.05) is 18.2 Å². The Labute approximate surface area is 126 Å². The minimum Gasteiger partial charge on any atom is -0.326 e. The van der Waals surface area contributed by atoms with Gasteiger partial charge in [0.2, 0.25) is 5.91 Å². The van der Waals surface area contributed by atoms with Crippen molar-refractivity contribution in [2.24, 2.45) is 5.92 Å². The average molecular weight is 333 g/mol. The maximum absolute atomic E-state index is 11.8. The molecular weight excluding hydrogens is 320 g/mol. The van der Waals surface area contributed by atoms with Gasteiger partial charge in [-0.1, -0.05) is 11.6 Å². The highest BCUT2D eigenvalue weighted by Gasteiger charge is 2.29. The smallest absolute Gasteiger partial charge is 0.289 e. The lowest BCUT2D eigenvalue weighted by Gasteiger charge is -2.09. The lowest BCUT2D eigenvalue weighted by molar-refractivity contribution is -0.384. The number of rotatable bonds is 4. The van der Waals surface area contributed by atoms with Crippen LogP contribution in [0.25, 0.3) is 0 Å². The van der Waals surface area contributed by atoms with Gasteiger partial charge in [-0.25, -0.2) is 8.42 Å². The molecule has 0 aliphatic carbocycles. The number of hydrogen-bond donors (Lipinski definition) is 1. The number of carbonyl (C=O) groups is 1. The molecule has 1 atom stereocenters. The summed E-state index contributed by atoms with van der Waals surface area (Å²) in [7, 11) is -3.02. The second-order valence-electron chi connectivity index (χ2n) is 4.94. The predicted octanol–water partition coefficient (Wildman–Crippen LogP) is 2.01. The Morgan fingerprint density at radius 3 is 2.76 bits per heavy atom. The lowest BCUT2D eigenvalue weighted by atomic mass is 10.1. The van der Waals surface area contributed by atoms with E-state index in [0.29, 0.717) is 6.42 Å². The maximum Gasteiger partial charge on any atom is 0.289 e. The van der Waals surface area contributed by atoms with Crippen molar-refractivity contribution in [3.05, 3.63) is 33.3 Å². The Kier molecular flexibility index (Phi) is 4.48. The molecule has 7 nitrogen and oxygen atoms in total. The number of anilines is 1. The van der Waals surface area contributed by atoms with Gasteiger partial charge in [-0.05, 0) is 24.5 Å². The van der Waals surface area contributed by atoms with Gasteiger partial charge < -0.3 is 5.32 Å². The molecule has 1 saturated heterocycles. The molecule has 21 heavy (non-hydrogen) atoms. The second-order valence-corrected chi connectivity index (χ2v) is 7.58. The molecule has 0 spiro atoms. The molecule has 1 fully saturated rings. The minimum absolute atomic E-state index is 0.0140. The van der Waals surface area contributed by atoms with E-state index in [1.807, 2.05) is 0 Å². The Balaban J connectivity index is 2.00. The van der Waals surface area contributed by atoms with E-state index in [1.165, 1.54) is 18.2 Å². The Hall–Kier alpha value is -1.67. The van der Waals surface area contributed by atoms with Crippen molar-refractivity contribution < 1.29 is 18.1 Å². The van der Waals surface area contributed by atoms with E-state index in [0.717, 1.165) is 0 Å². The highest BCUT2D eigenvalue weighted by atomic mass is 35.5. The number of sulfone groups is 1. The second kappa shape index (κ2) is 5.98. The van der Waals surface area contributed by atoms with Crippen LogP contribution in [-0.2, 0) is 14.6 Å². The van der Waals surface area contributed by atoms with Crippen LogP contribution in [0.5, 0.6) is 0 Å². The van der Waals surface area contributed by atoms with Crippen LogP contribution in [-0.4, -0.2) is 30.8 Å². The number of hydrogen-bond acceptors (Lipinski definition) is 5. The number of nitrogens with one attached hydrogen (secondary N) is 1. The SMILES string of the molecule is O=C(C[C@H]1CCS(=O)(=O)C1)Nc1ccc(Cl)c([N+](=O)[O-])c1. The maximum atomic E-state index is 11.8. The summed E-state index contributed by atoms with van der Waals surface area (Å²) in [4.78, 5) is 22.0. The van der Waals surface area contributed by atoms with E-state index in [9.17, 15) is 23.3 Å². The summed E-state index contributed by atoms with van der Waals surface area (Å²) in [5, 5.41) is 13.3. The third-order valence-electron chi connectivity index (χ3n) is 3.23. The fourth-order valence-electron chi connectivity index (χ4n) is 2.24. The fraction of sp³-hybridized carbons (Fsp3) is 0.417. The molecule has 1 heterocycles. The summed E-state index contributed by atoms with van der Waals surface area (Å²) in [6.45, 7) is 0. The molecular formula is C12H13ClN2O5S. The average Bonchev–Trinajstić information content (AvgIpc) is 2.70. The molecule has 1 aliphatic heterocycles. The van der Waals surface area contributed by atoms with Crippen molar-refractivity contribution >= 4 is 38.7 Å². The predicted molar refractivity (Wildman–Crippen MR) is 78.1 cm³/mol. The van der Waals surface area contributed by atoms with Crippen molar-refractivity contribution in [2.75, 3.05) is 16.8 Å². The first-order valence-electron chi connectivity index (χ1n) is 6.21. The van der Waals surface area contributed by atoms with Gasteiger partial charge in [-0.2, -0.15) is 0 Å². The molecule has 1 aromatic carbocycles. The summed E-state index contributed by atoms with van der Waals surface area (Å²) in [5.41, 5.74) is -0.0325. The molecule has 0 bridgehead atoms. The van der Waals surface area contributed by atoms with Gasteiger partial charge in [0.25, 0.3) is 5.69 Å². The molecule has 0 aromatic heterocycles. The van der Waals surface area contributed by atoms with E-state index in [2.05, 4.69) is 5.32 Å². The van der Waals surface area contributed by atoms with Crippen LogP contribution in [0, 0.1) is 16.0 Å². The number of nitro groups is 1. The summed E-state index contributed by atoms with van der Waals surface area (Å²) >= 11 is 5.68. The van der Waals surface area contributed by atoms with E-state index >= 15 is 0 Å². The first-order chi connectivity index (χ1) is 9.77. The van der Waals surface area contributed by atoms with Crippen molar-refractivity contribution in [2.45, 2.75) is 12.8 Å². The van der Waals surface area contributed by atoms with Gasteiger partial charge in [0.05, 0.1) is 16.4 Å². The topological polar surface area (TPSA) is 106 Å². The molecule has 1 aromatic rings. The summed E-state index contributed by atoms with van der Waals surface area (Å²) in [5.74, 6) is -0.440. The largest absolute Gasteiger partial charge is 0.326 e.